The Morgan fingerprint density at radius 3 is 2.66 bits per heavy atom. The number of rotatable bonds is 5. The van der Waals surface area contributed by atoms with Crippen molar-refractivity contribution in [3.05, 3.63) is 45.4 Å². The van der Waals surface area contributed by atoms with Crippen LogP contribution in [0.2, 0.25) is 0 Å². The van der Waals surface area contributed by atoms with E-state index < -0.39 is 12.0 Å². The first kappa shape index (κ1) is 20.9. The number of fused-ring (bicyclic) bond motifs is 1. The summed E-state index contributed by atoms with van der Waals surface area (Å²) in [6.45, 7) is 0.702. The lowest BCUT2D eigenvalue weighted by Crippen LogP contribution is -2.35. The van der Waals surface area contributed by atoms with Crippen molar-refractivity contribution < 1.29 is 9.90 Å². The van der Waals surface area contributed by atoms with E-state index >= 15 is 0 Å². The molecule has 1 aliphatic carbocycles. The van der Waals surface area contributed by atoms with Gasteiger partial charge in [-0.25, -0.2) is 14.8 Å². The van der Waals surface area contributed by atoms with Crippen molar-refractivity contribution in [3.8, 4) is 0 Å². The van der Waals surface area contributed by atoms with Crippen molar-refractivity contribution in [2.45, 2.75) is 50.6 Å². The van der Waals surface area contributed by atoms with Crippen LogP contribution in [0.15, 0.2) is 39.9 Å². The number of aliphatic carboxylic acids is 1. The summed E-state index contributed by atoms with van der Waals surface area (Å²) in [5.41, 5.74) is 1.32. The number of nitrogens with one attached hydrogen (secondary N) is 1. The number of carbonyl (C=O) groups is 1. The Hall–Kier alpha value is -3.01. The predicted octanol–water partition coefficient (Wildman–Crippen LogP) is 3.86. The summed E-state index contributed by atoms with van der Waals surface area (Å²) >= 11 is 3.38. The third-order valence-corrected chi connectivity index (χ3v) is 6.84. The van der Waals surface area contributed by atoms with Crippen molar-refractivity contribution in [2.75, 3.05) is 16.8 Å². The lowest BCUT2D eigenvalue weighted by Gasteiger charge is -2.23. The first-order valence-electron chi connectivity index (χ1n) is 10.8. The average Bonchev–Trinajstić information content (AvgIpc) is 3.48. The summed E-state index contributed by atoms with van der Waals surface area (Å²) in [5.74, 6) is 0.0936. The third kappa shape index (κ3) is 3.83. The highest BCUT2D eigenvalue weighted by atomic mass is 79.9. The van der Waals surface area contributed by atoms with Crippen molar-refractivity contribution >= 4 is 50.4 Å². The predicted molar refractivity (Wildman–Crippen MR) is 125 cm³/mol. The largest absolute Gasteiger partial charge is 0.480 e. The molecule has 0 radical (unpaired) electrons. The molecule has 32 heavy (non-hydrogen) atoms. The molecule has 9 nitrogen and oxygen atoms in total. The quantitative estimate of drug-likeness (QED) is 0.544. The number of carboxylic acids is 1. The highest BCUT2D eigenvalue weighted by Gasteiger charge is 2.30. The van der Waals surface area contributed by atoms with Crippen LogP contribution in [-0.4, -0.2) is 43.2 Å². The molecule has 10 heteroatoms. The molecule has 166 valence electrons. The molecule has 0 unspecified atom stereocenters. The molecule has 3 aromatic heterocycles. The van der Waals surface area contributed by atoms with Crippen molar-refractivity contribution in [1.82, 2.24) is 19.5 Å². The van der Waals surface area contributed by atoms with Crippen LogP contribution in [0.1, 0.15) is 44.6 Å². The van der Waals surface area contributed by atoms with Crippen LogP contribution in [0.4, 0.5) is 17.5 Å². The van der Waals surface area contributed by atoms with Crippen LogP contribution in [-0.2, 0) is 4.79 Å². The topological polar surface area (TPSA) is 113 Å². The zero-order valence-corrected chi connectivity index (χ0v) is 19.0. The summed E-state index contributed by atoms with van der Waals surface area (Å²) < 4.78 is 2.30. The number of hydrogen-bond acceptors (Lipinski definition) is 7. The fourth-order valence-electron chi connectivity index (χ4n) is 4.72. The minimum Gasteiger partial charge on any atom is -0.480 e. The van der Waals surface area contributed by atoms with Gasteiger partial charge in [-0.05, 0) is 59.8 Å². The van der Waals surface area contributed by atoms with E-state index in [2.05, 4.69) is 36.2 Å². The molecular weight excluding hydrogens is 476 g/mol. The van der Waals surface area contributed by atoms with Crippen LogP contribution >= 0.6 is 15.9 Å². The number of pyridine rings is 2. The van der Waals surface area contributed by atoms with Crippen LogP contribution < -0.4 is 15.8 Å². The molecule has 5 rings (SSSR count). The van der Waals surface area contributed by atoms with Crippen LogP contribution in [0.25, 0.3) is 11.0 Å². The van der Waals surface area contributed by atoms with Crippen molar-refractivity contribution in [1.29, 1.82) is 0 Å². The first-order valence-corrected chi connectivity index (χ1v) is 11.6. The molecule has 1 aliphatic heterocycles. The van der Waals surface area contributed by atoms with E-state index in [0.29, 0.717) is 34.9 Å². The lowest BCUT2D eigenvalue weighted by molar-refractivity contribution is -0.138. The maximum absolute atomic E-state index is 12.9. The number of hydrogen-bond donors (Lipinski definition) is 2. The summed E-state index contributed by atoms with van der Waals surface area (Å²) in [5, 5.41) is 13.3. The smallest absolute Gasteiger partial charge is 0.326 e. The summed E-state index contributed by atoms with van der Waals surface area (Å²) in [6, 6.07) is 5.03. The van der Waals surface area contributed by atoms with E-state index in [9.17, 15) is 14.7 Å². The molecule has 1 atom stereocenters. The molecule has 0 amide bonds. The van der Waals surface area contributed by atoms with Gasteiger partial charge < -0.3 is 15.3 Å². The third-order valence-electron chi connectivity index (χ3n) is 6.28. The molecule has 4 heterocycles. The Balaban J connectivity index is 1.43. The van der Waals surface area contributed by atoms with Gasteiger partial charge in [-0.2, -0.15) is 4.98 Å². The highest BCUT2D eigenvalue weighted by Crippen LogP contribution is 2.31. The van der Waals surface area contributed by atoms with Gasteiger partial charge in [-0.3, -0.25) is 9.36 Å². The zero-order chi connectivity index (χ0) is 22.2. The van der Waals surface area contributed by atoms with Crippen molar-refractivity contribution in [2.24, 2.45) is 0 Å². The molecule has 0 spiro atoms. The van der Waals surface area contributed by atoms with E-state index in [1.165, 1.54) is 0 Å². The highest BCUT2D eigenvalue weighted by molar-refractivity contribution is 9.10. The molecule has 0 bridgehead atoms. The number of carboxylic acid groups (broad SMARTS) is 1. The maximum Gasteiger partial charge on any atom is 0.326 e. The summed E-state index contributed by atoms with van der Waals surface area (Å²) in [4.78, 5) is 39.6. The maximum atomic E-state index is 12.9. The number of anilines is 3. The van der Waals surface area contributed by atoms with Crippen molar-refractivity contribution in [3.63, 3.8) is 0 Å². The Morgan fingerprint density at radius 2 is 1.94 bits per heavy atom. The minimum absolute atomic E-state index is 0.0740. The summed E-state index contributed by atoms with van der Waals surface area (Å²) in [6.07, 6.45) is 9.01. The zero-order valence-electron chi connectivity index (χ0n) is 17.4. The standard InChI is InChI=1S/C22H23BrN6O3/c23-16-10-13-11-25-22(27-19(13)29(20(16)30)14-4-1-2-5-14)26-18-8-7-15(12-24-18)28-9-3-6-17(28)21(31)32/h7-8,10-12,14,17H,1-6,9H2,(H,31,32)(H,24,25,26,27)/t17-/m0/s1. The fourth-order valence-corrected chi connectivity index (χ4v) is 5.16. The Kier molecular flexibility index (Phi) is 5.54. The monoisotopic (exact) mass is 498 g/mol. The Morgan fingerprint density at radius 1 is 1.12 bits per heavy atom. The van der Waals surface area contributed by atoms with Gasteiger partial charge >= 0.3 is 5.97 Å². The van der Waals surface area contributed by atoms with Gasteiger partial charge in [0.2, 0.25) is 5.95 Å². The number of halogens is 1. The van der Waals surface area contributed by atoms with E-state index in [1.807, 2.05) is 11.0 Å². The molecule has 1 saturated heterocycles. The van der Waals surface area contributed by atoms with Gasteiger partial charge in [-0.1, -0.05) is 12.8 Å². The van der Waals surface area contributed by atoms with Gasteiger partial charge in [0.15, 0.2) is 0 Å². The molecular formula is C22H23BrN6O3. The molecule has 0 aromatic carbocycles. The van der Waals surface area contributed by atoms with E-state index in [-0.39, 0.29) is 11.6 Å². The number of nitrogens with zero attached hydrogens (tertiary/aromatic N) is 5. The van der Waals surface area contributed by atoms with E-state index in [0.717, 1.165) is 43.2 Å². The molecule has 2 N–H and O–H groups in total. The van der Waals surface area contributed by atoms with E-state index in [1.54, 1.807) is 29.1 Å². The van der Waals surface area contributed by atoms with Crippen LogP contribution in [0.5, 0.6) is 0 Å². The number of aromatic nitrogens is 4. The lowest BCUT2D eigenvalue weighted by atomic mass is 10.2. The summed E-state index contributed by atoms with van der Waals surface area (Å²) in [7, 11) is 0. The van der Waals surface area contributed by atoms with Crippen LogP contribution in [0, 0.1) is 0 Å². The van der Waals surface area contributed by atoms with Gasteiger partial charge in [0.25, 0.3) is 5.56 Å². The molecule has 2 fully saturated rings. The minimum atomic E-state index is -0.811. The molecule has 3 aromatic rings. The normalized spacial score (nSPS) is 19.0. The van der Waals surface area contributed by atoms with Crippen LogP contribution in [0.3, 0.4) is 0 Å². The van der Waals surface area contributed by atoms with Gasteiger partial charge in [0.05, 0.1) is 16.4 Å². The van der Waals surface area contributed by atoms with Gasteiger partial charge in [-0.15, -0.1) is 0 Å². The van der Waals surface area contributed by atoms with Gasteiger partial charge in [0, 0.05) is 24.2 Å². The van der Waals surface area contributed by atoms with E-state index in [4.69, 9.17) is 0 Å². The second-order valence-corrected chi connectivity index (χ2v) is 9.15. The second kappa shape index (κ2) is 8.50. The average molecular weight is 499 g/mol. The fraction of sp³-hybridized carbons (Fsp3) is 0.409. The first-order chi connectivity index (χ1) is 15.5. The molecule has 2 aliphatic rings. The second-order valence-electron chi connectivity index (χ2n) is 8.29. The Labute approximate surface area is 192 Å². The Bertz CT molecular complexity index is 1220. The molecule has 1 saturated carbocycles. The van der Waals surface area contributed by atoms with Gasteiger partial charge in [0.1, 0.15) is 17.5 Å². The SMILES string of the molecule is O=C(O)[C@@H]1CCCN1c1ccc(Nc2ncc3cc(Br)c(=O)n(C4CCCC4)c3n2)nc1.